The SMILES string of the molecule is Cn1c(=O)n(C2CCC(=O)NC2=O)c2cccc(N3CCN(CC4CCN(CC5CCC(n6cc(NC(=O)c7cnn8ccc(N9C[C@H]%10C[C@@H]9CO%10)nc78)c(C(F)F)n6)CC5)CC4)CC3)c21. The number of carbonyl (C=O) groups is 3. The molecule has 5 aromatic rings. The van der Waals surface area contributed by atoms with Crippen LogP contribution in [0.15, 0.2) is 47.7 Å². The van der Waals surface area contributed by atoms with Gasteiger partial charge in [0.15, 0.2) is 11.3 Å². The number of amides is 3. The molecule has 1 unspecified atom stereocenters. The Morgan fingerprint density at radius 3 is 2.39 bits per heavy atom. The Balaban J connectivity index is 0.646. The van der Waals surface area contributed by atoms with Gasteiger partial charge in [-0.2, -0.15) is 10.2 Å². The fraction of sp³-hybridized carbons (Fsp3) is 0.587. The number of alkyl halides is 2. The number of nitrogens with one attached hydrogen (secondary N) is 2. The highest BCUT2D eigenvalue weighted by Gasteiger charge is 2.40. The van der Waals surface area contributed by atoms with Crippen LogP contribution in [0.25, 0.3) is 16.7 Å². The monoisotopic (exact) mass is 909 g/mol. The summed E-state index contributed by atoms with van der Waals surface area (Å²) in [6.45, 7) is 9.20. The van der Waals surface area contributed by atoms with Crippen LogP contribution in [0, 0.1) is 11.8 Å². The number of benzene rings is 1. The molecule has 2 bridgehead atoms. The zero-order valence-corrected chi connectivity index (χ0v) is 37.2. The van der Waals surface area contributed by atoms with Crippen LogP contribution in [-0.2, 0) is 21.4 Å². The fourth-order valence-corrected chi connectivity index (χ4v) is 11.6. The predicted molar refractivity (Wildman–Crippen MR) is 241 cm³/mol. The van der Waals surface area contributed by atoms with E-state index in [4.69, 9.17) is 9.72 Å². The Kier molecular flexibility index (Phi) is 11.4. The number of hydrogen-bond acceptors (Lipinski definition) is 12. The van der Waals surface area contributed by atoms with Crippen molar-refractivity contribution in [2.24, 2.45) is 18.9 Å². The summed E-state index contributed by atoms with van der Waals surface area (Å²) < 4.78 is 40.8. The first-order valence-electron chi connectivity index (χ1n) is 23.7. The number of piperazine rings is 1. The molecular weight excluding hydrogens is 853 g/mol. The summed E-state index contributed by atoms with van der Waals surface area (Å²) >= 11 is 0. The maximum absolute atomic E-state index is 14.3. The predicted octanol–water partition coefficient (Wildman–Crippen LogP) is 3.99. The number of morpholine rings is 1. The molecule has 6 aliphatic rings. The van der Waals surface area contributed by atoms with E-state index < -0.39 is 30.0 Å². The first-order valence-corrected chi connectivity index (χ1v) is 23.7. The van der Waals surface area contributed by atoms with E-state index in [0.29, 0.717) is 36.0 Å². The summed E-state index contributed by atoms with van der Waals surface area (Å²) in [7, 11) is 1.75. The standard InChI is InChI=1S/C46H57F2N13O5/c1-54-41-35(3-2-4-36(41)61(46(54)65)37-9-10-39(62)52-45(37)64)57-19-17-56(18-20-57)24-29-11-14-55(15-12-29)23-28-5-7-30(8-6-28)60-26-34(40(53-60)42(47)48)50-44(63)33-22-49-59-16-13-38(51-43(33)59)58-25-32-21-31(58)27-66-32/h2-4,13,16,22,26,28-32,37,42H,5-12,14-15,17-21,23-25,27H2,1H3,(H,50,63)(H,52,62,64)/t28?,30?,31-,32-,37?/m1/s1. The lowest BCUT2D eigenvalue weighted by Gasteiger charge is -2.40. The number of piperidine rings is 2. The van der Waals surface area contributed by atoms with Crippen LogP contribution in [0.1, 0.15) is 92.3 Å². The van der Waals surface area contributed by atoms with Gasteiger partial charge in [0.05, 0.1) is 53.4 Å². The number of imide groups is 1. The van der Waals surface area contributed by atoms with Crippen molar-refractivity contribution < 1.29 is 27.9 Å². The molecule has 6 fully saturated rings. The van der Waals surface area contributed by atoms with Crippen molar-refractivity contribution in [2.75, 3.05) is 80.6 Å². The second-order valence-corrected chi connectivity index (χ2v) is 19.3. The summed E-state index contributed by atoms with van der Waals surface area (Å²) in [5.74, 6) is 0.625. The maximum atomic E-state index is 14.3. The molecule has 5 saturated heterocycles. The van der Waals surface area contributed by atoms with E-state index in [1.165, 1.54) is 10.7 Å². The average molecular weight is 910 g/mol. The van der Waals surface area contributed by atoms with Crippen molar-refractivity contribution in [3.05, 3.63) is 64.6 Å². The normalized spacial score (nSPS) is 25.8. The number of imidazole rings is 1. The first-order chi connectivity index (χ1) is 32.0. The Morgan fingerprint density at radius 2 is 1.68 bits per heavy atom. The minimum Gasteiger partial charge on any atom is -0.374 e. The average Bonchev–Trinajstić information content (AvgIpc) is 4.18. The zero-order valence-electron chi connectivity index (χ0n) is 37.2. The quantitative estimate of drug-likeness (QED) is 0.183. The molecule has 0 spiro atoms. The maximum Gasteiger partial charge on any atom is 0.329 e. The second-order valence-electron chi connectivity index (χ2n) is 19.3. The Labute approximate surface area is 379 Å². The van der Waals surface area contributed by atoms with Gasteiger partial charge in [0.25, 0.3) is 12.3 Å². The molecule has 5 aliphatic heterocycles. The number of halogens is 2. The Hall–Kier alpha value is -5.73. The van der Waals surface area contributed by atoms with Gasteiger partial charge in [-0.05, 0) is 94.5 Å². The minimum atomic E-state index is -2.85. The number of rotatable bonds is 11. The highest BCUT2D eigenvalue weighted by Crippen LogP contribution is 2.37. The highest BCUT2D eigenvalue weighted by atomic mass is 19.3. The Bertz CT molecular complexity index is 2710. The number of aryl methyl sites for hydroxylation is 1. The number of anilines is 3. The summed E-state index contributed by atoms with van der Waals surface area (Å²) in [6, 6.07) is 7.28. The number of likely N-dealkylation sites (tertiary alicyclic amines) is 1. The molecular formula is C46H57F2N13O5. The second kappa shape index (κ2) is 17.5. The van der Waals surface area contributed by atoms with Gasteiger partial charge in [-0.25, -0.2) is 23.1 Å². The van der Waals surface area contributed by atoms with Gasteiger partial charge in [0.2, 0.25) is 11.8 Å². The molecule has 11 rings (SSSR count). The molecule has 2 N–H and O–H groups in total. The van der Waals surface area contributed by atoms with E-state index in [0.717, 1.165) is 121 Å². The minimum absolute atomic E-state index is 0.0105. The van der Waals surface area contributed by atoms with E-state index in [9.17, 15) is 28.0 Å². The van der Waals surface area contributed by atoms with Crippen molar-refractivity contribution in [1.82, 2.24) is 48.6 Å². The molecule has 3 atom stereocenters. The number of fused-ring (bicyclic) bond motifs is 4. The molecule has 20 heteroatoms. The summed E-state index contributed by atoms with van der Waals surface area (Å²) in [5, 5.41) is 13.7. The molecule has 1 saturated carbocycles. The summed E-state index contributed by atoms with van der Waals surface area (Å²) in [6.07, 6.45) is 9.53. The third-order valence-corrected chi connectivity index (χ3v) is 15.3. The lowest BCUT2D eigenvalue weighted by atomic mass is 9.85. The van der Waals surface area contributed by atoms with Crippen molar-refractivity contribution in [3.8, 4) is 0 Å². The third-order valence-electron chi connectivity index (χ3n) is 15.3. The zero-order chi connectivity index (χ0) is 45.2. The van der Waals surface area contributed by atoms with Gasteiger partial charge in [-0.15, -0.1) is 0 Å². The molecule has 1 aliphatic carbocycles. The number of hydrogen-bond donors (Lipinski definition) is 2. The van der Waals surface area contributed by atoms with Crippen LogP contribution in [0.5, 0.6) is 0 Å². The summed E-state index contributed by atoms with van der Waals surface area (Å²) in [4.78, 5) is 66.0. The van der Waals surface area contributed by atoms with Crippen molar-refractivity contribution in [3.63, 3.8) is 0 Å². The third kappa shape index (κ3) is 8.03. The van der Waals surface area contributed by atoms with Gasteiger partial charge in [-0.1, -0.05) is 6.07 Å². The van der Waals surface area contributed by atoms with Crippen molar-refractivity contribution in [1.29, 1.82) is 0 Å². The van der Waals surface area contributed by atoms with Crippen molar-refractivity contribution in [2.45, 2.75) is 88.4 Å². The number of carbonyl (C=O) groups excluding carboxylic acids is 3. The Morgan fingerprint density at radius 1 is 0.924 bits per heavy atom. The van der Waals surface area contributed by atoms with Crippen LogP contribution < -0.4 is 26.1 Å². The van der Waals surface area contributed by atoms with E-state index in [2.05, 4.69) is 46.5 Å². The highest BCUT2D eigenvalue weighted by molar-refractivity contribution is 6.08. The van der Waals surface area contributed by atoms with Gasteiger partial charge in [0.1, 0.15) is 17.4 Å². The van der Waals surface area contributed by atoms with Crippen LogP contribution in [0.4, 0.5) is 26.0 Å². The number of aromatic nitrogens is 7. The van der Waals surface area contributed by atoms with E-state index in [-0.39, 0.29) is 47.5 Å². The topological polar surface area (TPSA) is 172 Å². The van der Waals surface area contributed by atoms with Crippen molar-refractivity contribution >= 4 is 51.6 Å². The lowest BCUT2D eigenvalue weighted by Crippen LogP contribution is -2.49. The van der Waals surface area contributed by atoms with Gasteiger partial charge in [0, 0.05) is 71.7 Å². The largest absolute Gasteiger partial charge is 0.374 e. The van der Waals surface area contributed by atoms with Crippen LogP contribution in [0.2, 0.25) is 0 Å². The first kappa shape index (κ1) is 42.9. The van der Waals surface area contributed by atoms with Gasteiger partial charge >= 0.3 is 5.69 Å². The molecule has 3 amide bonds. The molecule has 1 aromatic carbocycles. The van der Waals surface area contributed by atoms with Gasteiger partial charge in [-0.3, -0.25) is 38.4 Å². The fourth-order valence-electron chi connectivity index (χ4n) is 11.6. The van der Waals surface area contributed by atoms with E-state index in [1.807, 2.05) is 18.2 Å². The number of para-hydroxylation sites is 1. The summed E-state index contributed by atoms with van der Waals surface area (Å²) in [5.41, 5.74) is 2.41. The number of nitrogens with zero attached hydrogens (tertiary/aromatic N) is 11. The molecule has 350 valence electrons. The molecule has 9 heterocycles. The lowest BCUT2D eigenvalue weighted by molar-refractivity contribution is -0.135. The molecule has 0 radical (unpaired) electrons. The van der Waals surface area contributed by atoms with Gasteiger partial charge < -0.3 is 24.8 Å². The van der Waals surface area contributed by atoms with Crippen LogP contribution >= 0.6 is 0 Å². The molecule has 18 nitrogen and oxygen atoms in total. The van der Waals surface area contributed by atoms with E-state index >= 15 is 0 Å². The molecule has 4 aromatic heterocycles. The number of ether oxygens (including phenoxy) is 1. The smallest absolute Gasteiger partial charge is 0.329 e. The van der Waals surface area contributed by atoms with Crippen LogP contribution in [0.3, 0.4) is 0 Å². The van der Waals surface area contributed by atoms with E-state index in [1.54, 1.807) is 33.3 Å². The molecule has 66 heavy (non-hydrogen) atoms. The van der Waals surface area contributed by atoms with Crippen LogP contribution in [-0.4, -0.2) is 139 Å².